The molecular weight excluding hydrogens is 274 g/mol. The zero-order valence-corrected chi connectivity index (χ0v) is 14.0. The van der Waals surface area contributed by atoms with Gasteiger partial charge in [-0.25, -0.2) is 0 Å². The van der Waals surface area contributed by atoms with Gasteiger partial charge in [0.15, 0.2) is 0 Å². The van der Waals surface area contributed by atoms with Gasteiger partial charge in [0.25, 0.3) is 0 Å². The summed E-state index contributed by atoms with van der Waals surface area (Å²) in [4.78, 5) is 14.4. The molecule has 0 aromatic heterocycles. The molecule has 0 aliphatic carbocycles. The molecule has 1 aliphatic rings. The van der Waals surface area contributed by atoms with E-state index in [0.29, 0.717) is 5.92 Å². The van der Waals surface area contributed by atoms with E-state index in [1.54, 1.807) is 0 Å². The zero-order chi connectivity index (χ0) is 14.3. The highest BCUT2D eigenvalue weighted by atomic mass is 35.5. The van der Waals surface area contributed by atoms with Gasteiger partial charge in [-0.2, -0.15) is 0 Å². The van der Waals surface area contributed by atoms with Crippen molar-refractivity contribution in [1.29, 1.82) is 0 Å². The lowest BCUT2D eigenvalue weighted by Crippen LogP contribution is -2.47. The van der Waals surface area contributed by atoms with Crippen molar-refractivity contribution in [3.05, 3.63) is 0 Å². The summed E-state index contributed by atoms with van der Waals surface area (Å²) in [5, 5.41) is 3.03. The van der Waals surface area contributed by atoms with Crippen LogP contribution in [0, 0.1) is 11.8 Å². The van der Waals surface area contributed by atoms with Crippen LogP contribution in [0.4, 0.5) is 0 Å². The lowest BCUT2D eigenvalue weighted by Gasteiger charge is -2.32. The van der Waals surface area contributed by atoms with E-state index in [9.17, 15) is 4.79 Å². The number of nitrogens with one attached hydrogen (secondary N) is 1. The minimum Gasteiger partial charge on any atom is -0.354 e. The van der Waals surface area contributed by atoms with Crippen molar-refractivity contribution in [2.24, 2.45) is 17.6 Å². The second-order valence-electron chi connectivity index (χ2n) is 5.94. The van der Waals surface area contributed by atoms with Crippen molar-refractivity contribution in [2.45, 2.75) is 52.5 Å². The summed E-state index contributed by atoms with van der Waals surface area (Å²) in [6.07, 6.45) is 4.56. The summed E-state index contributed by atoms with van der Waals surface area (Å²) < 4.78 is 0. The minimum absolute atomic E-state index is 0. The van der Waals surface area contributed by atoms with Gasteiger partial charge in [0.1, 0.15) is 0 Å². The normalized spacial score (nSPS) is 20.0. The van der Waals surface area contributed by atoms with E-state index in [4.69, 9.17) is 5.73 Å². The summed E-state index contributed by atoms with van der Waals surface area (Å²) in [5.41, 5.74) is 5.93. The number of piperidine rings is 1. The molecule has 1 amide bonds. The van der Waals surface area contributed by atoms with Crippen LogP contribution < -0.4 is 11.1 Å². The van der Waals surface area contributed by atoms with Gasteiger partial charge in [-0.3, -0.25) is 4.79 Å². The Hall–Kier alpha value is -0.320. The van der Waals surface area contributed by atoms with Crippen molar-refractivity contribution in [3.63, 3.8) is 0 Å². The summed E-state index contributed by atoms with van der Waals surface area (Å²) in [6.45, 7) is 10.7. The lowest BCUT2D eigenvalue weighted by molar-refractivity contribution is -0.123. The molecule has 1 heterocycles. The molecular formula is C15H32ClN3O. The first kappa shape index (κ1) is 19.7. The summed E-state index contributed by atoms with van der Waals surface area (Å²) >= 11 is 0. The number of hydrogen-bond acceptors (Lipinski definition) is 3. The predicted octanol–water partition coefficient (Wildman–Crippen LogP) is 2.02. The third kappa shape index (κ3) is 6.42. The number of amides is 1. The van der Waals surface area contributed by atoms with Gasteiger partial charge in [-0.1, -0.05) is 27.2 Å². The Balaban J connectivity index is 0.00000361. The molecule has 0 bridgehead atoms. The Morgan fingerprint density at radius 2 is 1.95 bits per heavy atom. The van der Waals surface area contributed by atoms with Crippen LogP contribution in [0.1, 0.15) is 46.5 Å². The van der Waals surface area contributed by atoms with Crippen LogP contribution in [0.15, 0.2) is 0 Å². The maximum atomic E-state index is 11.9. The highest BCUT2D eigenvalue weighted by Crippen LogP contribution is 2.16. The highest BCUT2D eigenvalue weighted by Gasteiger charge is 2.22. The van der Waals surface area contributed by atoms with Crippen LogP contribution in [0.5, 0.6) is 0 Å². The largest absolute Gasteiger partial charge is 0.354 e. The van der Waals surface area contributed by atoms with E-state index in [1.807, 2.05) is 6.92 Å². The first-order chi connectivity index (χ1) is 9.08. The molecule has 2 unspecified atom stereocenters. The van der Waals surface area contributed by atoms with Crippen molar-refractivity contribution >= 4 is 18.3 Å². The number of nitrogens with two attached hydrogens (primary N) is 1. The summed E-state index contributed by atoms with van der Waals surface area (Å²) in [7, 11) is 0. The van der Waals surface area contributed by atoms with Gasteiger partial charge in [0, 0.05) is 6.54 Å². The van der Waals surface area contributed by atoms with Gasteiger partial charge >= 0.3 is 0 Å². The Kier molecular flexibility index (Phi) is 10.2. The molecule has 120 valence electrons. The molecule has 20 heavy (non-hydrogen) atoms. The van der Waals surface area contributed by atoms with E-state index in [0.717, 1.165) is 13.0 Å². The molecule has 0 aromatic rings. The van der Waals surface area contributed by atoms with Crippen molar-refractivity contribution < 1.29 is 4.79 Å². The highest BCUT2D eigenvalue weighted by molar-refractivity contribution is 5.85. The molecule has 0 aromatic carbocycles. The standard InChI is InChI=1S/C15H31N3O.ClH/c1-4-8-18-9-6-13(7-10-18)11-17-15(19)14(16)12(3)5-2;/h12-14H,4-11,16H2,1-3H3,(H,17,19);1H. The van der Waals surface area contributed by atoms with Gasteiger partial charge in [0.2, 0.25) is 5.91 Å². The Bertz CT molecular complexity index is 268. The maximum absolute atomic E-state index is 11.9. The predicted molar refractivity (Wildman–Crippen MR) is 87.1 cm³/mol. The van der Waals surface area contributed by atoms with Crippen LogP contribution in [0.2, 0.25) is 0 Å². The molecule has 3 N–H and O–H groups in total. The van der Waals surface area contributed by atoms with Crippen LogP contribution in [-0.4, -0.2) is 43.0 Å². The quantitative estimate of drug-likeness (QED) is 0.756. The van der Waals surface area contributed by atoms with Gasteiger partial charge in [-0.05, 0) is 50.7 Å². The van der Waals surface area contributed by atoms with Crippen molar-refractivity contribution in [2.75, 3.05) is 26.2 Å². The van der Waals surface area contributed by atoms with E-state index < -0.39 is 0 Å². The number of likely N-dealkylation sites (tertiary alicyclic amines) is 1. The van der Waals surface area contributed by atoms with Crippen LogP contribution in [0.25, 0.3) is 0 Å². The molecule has 5 heteroatoms. The Morgan fingerprint density at radius 3 is 2.45 bits per heavy atom. The molecule has 1 fully saturated rings. The van der Waals surface area contributed by atoms with Gasteiger partial charge in [-0.15, -0.1) is 12.4 Å². The third-order valence-corrected chi connectivity index (χ3v) is 4.37. The van der Waals surface area contributed by atoms with E-state index in [2.05, 4.69) is 24.1 Å². The Morgan fingerprint density at radius 1 is 1.35 bits per heavy atom. The number of halogens is 1. The molecule has 0 saturated carbocycles. The van der Waals surface area contributed by atoms with Crippen LogP contribution in [-0.2, 0) is 4.79 Å². The lowest BCUT2D eigenvalue weighted by atomic mass is 9.95. The van der Waals surface area contributed by atoms with Crippen molar-refractivity contribution in [3.8, 4) is 0 Å². The van der Waals surface area contributed by atoms with Gasteiger partial charge in [0.05, 0.1) is 6.04 Å². The number of carbonyl (C=O) groups is 1. The Labute approximate surface area is 130 Å². The summed E-state index contributed by atoms with van der Waals surface area (Å²) in [6, 6.07) is -0.356. The topological polar surface area (TPSA) is 58.4 Å². The van der Waals surface area contributed by atoms with Gasteiger partial charge < -0.3 is 16.0 Å². The summed E-state index contributed by atoms with van der Waals surface area (Å²) in [5.74, 6) is 0.901. The number of nitrogens with zero attached hydrogens (tertiary/aromatic N) is 1. The number of carbonyl (C=O) groups excluding carboxylic acids is 1. The molecule has 1 rings (SSSR count). The third-order valence-electron chi connectivity index (χ3n) is 4.37. The molecule has 0 spiro atoms. The molecule has 2 atom stereocenters. The molecule has 1 saturated heterocycles. The average molecular weight is 306 g/mol. The fourth-order valence-corrected chi connectivity index (χ4v) is 2.61. The monoisotopic (exact) mass is 305 g/mol. The number of hydrogen-bond donors (Lipinski definition) is 2. The fraction of sp³-hybridized carbons (Fsp3) is 0.933. The van der Waals surface area contributed by atoms with E-state index >= 15 is 0 Å². The second kappa shape index (κ2) is 10.4. The molecule has 1 aliphatic heterocycles. The number of rotatable bonds is 7. The van der Waals surface area contributed by atoms with E-state index in [1.165, 1.54) is 38.9 Å². The van der Waals surface area contributed by atoms with Crippen LogP contribution >= 0.6 is 12.4 Å². The zero-order valence-electron chi connectivity index (χ0n) is 13.2. The van der Waals surface area contributed by atoms with Crippen molar-refractivity contribution in [1.82, 2.24) is 10.2 Å². The minimum atomic E-state index is -0.356. The molecule has 0 radical (unpaired) electrons. The smallest absolute Gasteiger partial charge is 0.237 e. The van der Waals surface area contributed by atoms with E-state index in [-0.39, 0.29) is 30.3 Å². The molecule has 4 nitrogen and oxygen atoms in total. The average Bonchev–Trinajstić information content (AvgIpc) is 2.44. The second-order valence-corrected chi connectivity index (χ2v) is 5.94. The SMILES string of the molecule is CCCN1CCC(CNC(=O)C(N)C(C)CC)CC1.Cl. The maximum Gasteiger partial charge on any atom is 0.237 e. The first-order valence-corrected chi connectivity index (χ1v) is 7.84. The van der Waals surface area contributed by atoms with Crippen LogP contribution in [0.3, 0.4) is 0 Å². The first-order valence-electron chi connectivity index (χ1n) is 7.84. The fourth-order valence-electron chi connectivity index (χ4n) is 2.61.